The molecule has 0 aliphatic carbocycles. The van der Waals surface area contributed by atoms with Crippen LogP contribution in [0.3, 0.4) is 0 Å². The van der Waals surface area contributed by atoms with Crippen LogP contribution in [-0.2, 0) is 23.1 Å². The van der Waals surface area contributed by atoms with Crippen molar-refractivity contribution in [2.45, 2.75) is 26.4 Å². The fourth-order valence-electron chi connectivity index (χ4n) is 1.70. The van der Waals surface area contributed by atoms with Crippen LogP contribution < -0.4 is 0 Å². The second-order valence-corrected chi connectivity index (χ2v) is 5.98. The highest BCUT2D eigenvalue weighted by Gasteiger charge is 2.48. The lowest BCUT2D eigenvalue weighted by atomic mass is 10.2. The monoisotopic (exact) mass is 318 g/mol. The lowest BCUT2D eigenvalue weighted by Crippen LogP contribution is -2.33. The molecule has 1 rings (SSSR count). The summed E-state index contributed by atoms with van der Waals surface area (Å²) >= 11 is 0. The summed E-state index contributed by atoms with van der Waals surface area (Å²) in [4.78, 5) is 24.5. The number of hydrogen-bond donors (Lipinski definition) is 0. The molecule has 1 atom stereocenters. The van der Waals surface area contributed by atoms with Crippen LogP contribution in [0.1, 0.15) is 31.3 Å². The van der Waals surface area contributed by atoms with Crippen molar-refractivity contribution in [2.75, 3.05) is 19.8 Å². The molecule has 8 heteroatoms. The third-order valence-corrected chi connectivity index (χ3v) is 4.77. The van der Waals surface area contributed by atoms with Crippen LogP contribution in [0.15, 0.2) is 22.8 Å². The minimum Gasteiger partial charge on any atom is -0.465 e. The summed E-state index contributed by atoms with van der Waals surface area (Å²) < 4.78 is 32.7. The number of ether oxygens (including phenoxy) is 1. The SMILES string of the molecule is CCOC(=O)C(C(=O)c1ccco1)P(=O)(OCC)OCC. The van der Waals surface area contributed by atoms with Gasteiger partial charge in [-0.05, 0) is 32.9 Å². The van der Waals surface area contributed by atoms with Crippen molar-refractivity contribution in [1.29, 1.82) is 0 Å². The summed E-state index contributed by atoms with van der Waals surface area (Å²) in [6, 6.07) is 2.86. The Morgan fingerprint density at radius 1 is 1.19 bits per heavy atom. The van der Waals surface area contributed by atoms with Gasteiger partial charge in [0, 0.05) is 0 Å². The van der Waals surface area contributed by atoms with Crippen LogP contribution in [0.5, 0.6) is 0 Å². The van der Waals surface area contributed by atoms with Crippen molar-refractivity contribution < 1.29 is 32.4 Å². The van der Waals surface area contributed by atoms with Gasteiger partial charge in [-0.2, -0.15) is 0 Å². The molecule has 0 aliphatic heterocycles. The van der Waals surface area contributed by atoms with Crippen molar-refractivity contribution in [3.63, 3.8) is 0 Å². The van der Waals surface area contributed by atoms with Gasteiger partial charge >= 0.3 is 13.6 Å². The van der Waals surface area contributed by atoms with Crippen molar-refractivity contribution in [2.24, 2.45) is 0 Å². The summed E-state index contributed by atoms with van der Waals surface area (Å²) in [5.74, 6) is -1.85. The summed E-state index contributed by atoms with van der Waals surface area (Å²) in [5.41, 5.74) is -1.69. The van der Waals surface area contributed by atoms with Crippen molar-refractivity contribution in [3.8, 4) is 0 Å². The van der Waals surface area contributed by atoms with Gasteiger partial charge in [-0.3, -0.25) is 14.2 Å². The highest BCUT2D eigenvalue weighted by Crippen LogP contribution is 2.54. The summed E-state index contributed by atoms with van der Waals surface area (Å²) in [5, 5.41) is 0. The maximum Gasteiger partial charge on any atom is 0.352 e. The van der Waals surface area contributed by atoms with Crippen molar-refractivity contribution >= 4 is 19.3 Å². The van der Waals surface area contributed by atoms with E-state index in [1.54, 1.807) is 20.8 Å². The maximum absolute atomic E-state index is 12.8. The molecule has 7 nitrogen and oxygen atoms in total. The first-order valence-electron chi connectivity index (χ1n) is 6.63. The summed E-state index contributed by atoms with van der Waals surface area (Å²) in [7, 11) is -4.00. The van der Waals surface area contributed by atoms with Crippen molar-refractivity contribution in [1.82, 2.24) is 0 Å². The van der Waals surface area contributed by atoms with E-state index < -0.39 is 25.0 Å². The minimum atomic E-state index is -4.00. The molecule has 0 aliphatic rings. The van der Waals surface area contributed by atoms with Gasteiger partial charge in [0.1, 0.15) is 0 Å². The van der Waals surface area contributed by atoms with Gasteiger partial charge in [-0.15, -0.1) is 0 Å². The van der Waals surface area contributed by atoms with Gasteiger partial charge in [-0.1, -0.05) is 0 Å². The average molecular weight is 318 g/mol. The first-order valence-corrected chi connectivity index (χ1v) is 8.24. The number of carbonyl (C=O) groups excluding carboxylic acids is 2. The molecule has 0 aromatic carbocycles. The largest absolute Gasteiger partial charge is 0.465 e. The Hall–Kier alpha value is -1.43. The van der Waals surface area contributed by atoms with E-state index >= 15 is 0 Å². The third kappa shape index (κ3) is 4.27. The molecular weight excluding hydrogens is 299 g/mol. The fourth-order valence-corrected chi connectivity index (χ4v) is 3.54. The molecule has 118 valence electrons. The molecule has 0 fully saturated rings. The number of Topliss-reactive ketones (excluding diaryl/α,β-unsaturated/α-hetero) is 1. The van der Waals surface area contributed by atoms with Crippen LogP contribution in [0.25, 0.3) is 0 Å². The van der Waals surface area contributed by atoms with E-state index in [1.165, 1.54) is 18.4 Å². The lowest BCUT2D eigenvalue weighted by molar-refractivity contribution is -0.142. The van der Waals surface area contributed by atoms with Gasteiger partial charge in [-0.25, -0.2) is 0 Å². The number of carbonyl (C=O) groups is 2. The fraction of sp³-hybridized carbons (Fsp3) is 0.538. The predicted molar refractivity (Wildman–Crippen MR) is 74.3 cm³/mol. The standard InChI is InChI=1S/C13H19O7P/c1-4-17-13(15)12(11(14)10-8-7-9-18-10)21(16,19-5-2)20-6-3/h7-9,12H,4-6H2,1-3H3. The van der Waals surface area contributed by atoms with E-state index in [0.29, 0.717) is 0 Å². The quantitative estimate of drug-likeness (QED) is 0.299. The number of esters is 1. The van der Waals surface area contributed by atoms with Crippen LogP contribution in [-0.4, -0.2) is 37.2 Å². The third-order valence-electron chi connectivity index (χ3n) is 2.46. The molecule has 0 saturated heterocycles. The van der Waals surface area contributed by atoms with Gasteiger partial charge in [0.2, 0.25) is 11.4 Å². The van der Waals surface area contributed by atoms with Gasteiger partial charge < -0.3 is 18.2 Å². The Bertz CT molecular complexity index is 499. The minimum absolute atomic E-state index is 0.0264. The summed E-state index contributed by atoms with van der Waals surface area (Å²) in [6.45, 7) is 4.85. The van der Waals surface area contributed by atoms with Crippen LogP contribution in [0.4, 0.5) is 0 Å². The highest BCUT2D eigenvalue weighted by molar-refractivity contribution is 7.57. The average Bonchev–Trinajstić information content (AvgIpc) is 2.93. The first kappa shape index (κ1) is 17.6. The molecule has 1 aromatic heterocycles. The van der Waals surface area contributed by atoms with E-state index in [9.17, 15) is 14.2 Å². The second-order valence-electron chi connectivity index (χ2n) is 3.87. The smallest absolute Gasteiger partial charge is 0.352 e. The van der Waals surface area contributed by atoms with E-state index in [2.05, 4.69) is 0 Å². The van der Waals surface area contributed by atoms with Gasteiger partial charge in [0.25, 0.3) is 0 Å². The predicted octanol–water partition coefficient (Wildman–Crippen LogP) is 2.66. The molecule has 0 spiro atoms. The highest BCUT2D eigenvalue weighted by atomic mass is 31.2. The zero-order valence-corrected chi connectivity index (χ0v) is 13.1. The Balaban J connectivity index is 3.20. The zero-order valence-electron chi connectivity index (χ0n) is 12.2. The molecular formula is C13H19O7P. The normalized spacial score (nSPS) is 12.9. The zero-order chi connectivity index (χ0) is 15.9. The maximum atomic E-state index is 12.8. The van der Waals surface area contributed by atoms with Crippen LogP contribution in [0, 0.1) is 0 Å². The van der Waals surface area contributed by atoms with Crippen LogP contribution in [0.2, 0.25) is 0 Å². The lowest BCUT2D eigenvalue weighted by Gasteiger charge is -2.23. The molecule has 21 heavy (non-hydrogen) atoms. The van der Waals surface area contributed by atoms with E-state index in [1.807, 2.05) is 0 Å². The number of ketones is 1. The molecule has 0 radical (unpaired) electrons. The molecule has 1 aromatic rings. The first-order chi connectivity index (χ1) is 10.00. The van der Waals surface area contributed by atoms with Crippen molar-refractivity contribution in [3.05, 3.63) is 24.2 Å². The van der Waals surface area contributed by atoms with Crippen LogP contribution >= 0.6 is 7.60 Å². The second kappa shape index (κ2) is 8.12. The molecule has 0 N–H and O–H groups in total. The Morgan fingerprint density at radius 3 is 2.24 bits per heavy atom. The van der Waals surface area contributed by atoms with E-state index in [-0.39, 0.29) is 25.6 Å². The van der Waals surface area contributed by atoms with E-state index in [4.69, 9.17) is 18.2 Å². The number of hydrogen-bond acceptors (Lipinski definition) is 7. The van der Waals surface area contributed by atoms with Gasteiger partial charge in [0.15, 0.2) is 5.76 Å². The Labute approximate surface area is 123 Å². The molecule has 0 bridgehead atoms. The summed E-state index contributed by atoms with van der Waals surface area (Å²) in [6.07, 6.45) is 1.28. The topological polar surface area (TPSA) is 92.0 Å². The Morgan fingerprint density at radius 2 is 1.81 bits per heavy atom. The van der Waals surface area contributed by atoms with Gasteiger partial charge in [0.05, 0.1) is 26.1 Å². The number of furan rings is 1. The molecule has 1 unspecified atom stereocenters. The molecule has 0 saturated carbocycles. The number of rotatable bonds is 9. The Kier molecular flexibility index (Phi) is 6.81. The van der Waals surface area contributed by atoms with E-state index in [0.717, 1.165) is 0 Å². The molecule has 0 amide bonds. The molecule has 1 heterocycles.